The molecule has 2 heterocycles. The van der Waals surface area contributed by atoms with Crippen LogP contribution in [0.25, 0.3) is 0 Å². The number of likely N-dealkylation sites (tertiary alicyclic amines) is 1. The maximum atomic E-state index is 12.7. The van der Waals surface area contributed by atoms with Crippen molar-refractivity contribution in [1.29, 1.82) is 0 Å². The number of carbonyl (C=O) groups is 2. The van der Waals surface area contributed by atoms with E-state index in [2.05, 4.69) is 63.8 Å². The van der Waals surface area contributed by atoms with E-state index in [-0.39, 0.29) is 11.8 Å². The van der Waals surface area contributed by atoms with Crippen molar-refractivity contribution in [3.05, 3.63) is 75.2 Å². The smallest absolute Gasteiger partial charge is 0.286 e. The molecule has 0 bridgehead atoms. The fourth-order valence-electron chi connectivity index (χ4n) is 4.22. The maximum Gasteiger partial charge on any atom is 0.286 e. The van der Waals surface area contributed by atoms with Crippen LogP contribution in [0.3, 0.4) is 0 Å². The van der Waals surface area contributed by atoms with Crippen molar-refractivity contribution in [2.45, 2.75) is 46.1 Å². The molecule has 0 radical (unpaired) electrons. The fraction of sp³-hybridized carbons (Fsp3) is 0.407. The van der Waals surface area contributed by atoms with Crippen LogP contribution in [-0.2, 0) is 13.0 Å². The molecule has 1 fully saturated rings. The molecule has 4 rings (SSSR count). The van der Waals surface area contributed by atoms with E-state index in [1.54, 1.807) is 24.3 Å². The van der Waals surface area contributed by atoms with Crippen molar-refractivity contribution in [2.75, 3.05) is 25.0 Å². The third-order valence-electron chi connectivity index (χ3n) is 6.29. The molecule has 0 atom stereocenters. The van der Waals surface area contributed by atoms with E-state index in [0.29, 0.717) is 28.7 Å². The Labute approximate surface area is 211 Å². The van der Waals surface area contributed by atoms with E-state index in [4.69, 9.17) is 0 Å². The molecule has 0 spiro atoms. The number of piperidine rings is 1. The first-order valence-electron chi connectivity index (χ1n) is 12.3. The third-order valence-corrected chi connectivity index (χ3v) is 7.27. The summed E-state index contributed by atoms with van der Waals surface area (Å²) in [5, 5.41) is 15.1. The summed E-state index contributed by atoms with van der Waals surface area (Å²) in [4.78, 5) is 27.7. The zero-order chi connectivity index (χ0) is 24.6. The van der Waals surface area contributed by atoms with Gasteiger partial charge in [0.15, 0.2) is 0 Å². The van der Waals surface area contributed by atoms with Crippen molar-refractivity contribution in [3.8, 4) is 0 Å². The predicted molar refractivity (Wildman–Crippen MR) is 140 cm³/mol. The summed E-state index contributed by atoms with van der Waals surface area (Å²) in [6.45, 7) is 7.91. The Hall–Kier alpha value is -3.10. The predicted octanol–water partition coefficient (Wildman–Crippen LogP) is 4.69. The van der Waals surface area contributed by atoms with E-state index in [0.717, 1.165) is 50.3 Å². The number of hydrogen-bond acceptors (Lipinski definition) is 6. The first kappa shape index (κ1) is 25.0. The maximum absolute atomic E-state index is 12.7. The van der Waals surface area contributed by atoms with Crippen molar-refractivity contribution in [1.82, 2.24) is 20.4 Å². The number of rotatable bonds is 9. The van der Waals surface area contributed by atoms with Gasteiger partial charge in [0, 0.05) is 30.8 Å². The van der Waals surface area contributed by atoms with Crippen LogP contribution >= 0.6 is 11.3 Å². The highest BCUT2D eigenvalue weighted by Gasteiger charge is 2.20. The second-order valence-electron chi connectivity index (χ2n) is 9.20. The van der Waals surface area contributed by atoms with Gasteiger partial charge in [-0.25, -0.2) is 0 Å². The average molecular weight is 492 g/mol. The highest BCUT2D eigenvalue weighted by Crippen LogP contribution is 2.20. The van der Waals surface area contributed by atoms with Gasteiger partial charge in [-0.3, -0.25) is 14.5 Å². The highest BCUT2D eigenvalue weighted by atomic mass is 32.1. The second-order valence-corrected chi connectivity index (χ2v) is 10.3. The van der Waals surface area contributed by atoms with Gasteiger partial charge in [0.25, 0.3) is 11.8 Å². The number of amides is 2. The molecule has 1 saturated heterocycles. The van der Waals surface area contributed by atoms with Crippen LogP contribution in [0.2, 0.25) is 0 Å². The summed E-state index contributed by atoms with van der Waals surface area (Å²) < 4.78 is 0. The van der Waals surface area contributed by atoms with Gasteiger partial charge in [-0.15, -0.1) is 10.2 Å². The van der Waals surface area contributed by atoms with Crippen molar-refractivity contribution < 1.29 is 9.59 Å². The number of aromatic nitrogens is 2. The Kier molecular flexibility index (Phi) is 8.60. The monoisotopic (exact) mass is 491 g/mol. The number of nitrogens with zero attached hydrogens (tertiary/aromatic N) is 3. The van der Waals surface area contributed by atoms with Crippen LogP contribution in [0, 0.1) is 12.8 Å². The minimum Gasteiger partial charge on any atom is -0.352 e. The van der Waals surface area contributed by atoms with Gasteiger partial charge < -0.3 is 10.6 Å². The number of aryl methyl sites for hydroxylation is 2. The van der Waals surface area contributed by atoms with E-state index in [1.165, 1.54) is 22.5 Å². The van der Waals surface area contributed by atoms with Crippen LogP contribution in [0.1, 0.15) is 62.5 Å². The number of anilines is 1. The number of carbonyl (C=O) groups excluding carboxylic acids is 2. The van der Waals surface area contributed by atoms with E-state index >= 15 is 0 Å². The van der Waals surface area contributed by atoms with Crippen molar-refractivity contribution in [2.24, 2.45) is 5.92 Å². The molecular formula is C27H33N5O2S. The van der Waals surface area contributed by atoms with E-state index < -0.39 is 0 Å². The molecule has 2 amide bonds. The Morgan fingerprint density at radius 3 is 2.57 bits per heavy atom. The quantitative estimate of drug-likeness (QED) is 0.453. The number of benzene rings is 2. The summed E-state index contributed by atoms with van der Waals surface area (Å²) in [7, 11) is 0. The molecule has 3 aromatic rings. The summed E-state index contributed by atoms with van der Waals surface area (Å²) in [5.74, 6) is 0.0509. The van der Waals surface area contributed by atoms with E-state index in [1.807, 2.05) is 0 Å². The minimum absolute atomic E-state index is 0.121. The lowest BCUT2D eigenvalue weighted by atomic mass is 9.96. The topological polar surface area (TPSA) is 87.2 Å². The van der Waals surface area contributed by atoms with Crippen LogP contribution < -0.4 is 10.6 Å². The minimum atomic E-state index is -0.306. The molecule has 0 aliphatic carbocycles. The third kappa shape index (κ3) is 7.19. The Morgan fingerprint density at radius 1 is 1.06 bits per heavy atom. The molecule has 0 saturated carbocycles. The first-order chi connectivity index (χ1) is 17.0. The molecule has 0 unspecified atom stereocenters. The fourth-order valence-corrected chi connectivity index (χ4v) is 5.06. The molecule has 7 nitrogen and oxygen atoms in total. The van der Waals surface area contributed by atoms with Crippen LogP contribution in [0.5, 0.6) is 0 Å². The summed E-state index contributed by atoms with van der Waals surface area (Å²) in [5.41, 5.74) is 3.73. The molecule has 2 aromatic carbocycles. The lowest BCUT2D eigenvalue weighted by Gasteiger charge is -2.32. The van der Waals surface area contributed by atoms with Gasteiger partial charge in [0.05, 0.1) is 0 Å². The lowest BCUT2D eigenvalue weighted by Crippen LogP contribution is -2.38. The SMILES string of the molecule is CCCc1nnc(C(=O)Nc2cccc(C(=O)NCC3CCN(Cc4ccc(C)cc4)CC3)c2)s1. The van der Waals surface area contributed by atoms with Gasteiger partial charge in [0.2, 0.25) is 5.01 Å². The molecule has 1 aliphatic rings. The first-order valence-corrected chi connectivity index (χ1v) is 13.1. The summed E-state index contributed by atoms with van der Waals surface area (Å²) >= 11 is 1.30. The van der Waals surface area contributed by atoms with Gasteiger partial charge in [-0.1, -0.05) is 54.2 Å². The Morgan fingerprint density at radius 2 is 1.83 bits per heavy atom. The van der Waals surface area contributed by atoms with Crippen molar-refractivity contribution in [3.63, 3.8) is 0 Å². The van der Waals surface area contributed by atoms with Gasteiger partial charge in [-0.2, -0.15) is 0 Å². The number of nitrogens with one attached hydrogen (secondary N) is 2. The molecule has 1 aliphatic heterocycles. The standard InChI is InChI=1S/C27H33N5O2S/c1-3-5-24-30-31-27(35-24)26(34)29-23-7-4-6-22(16-23)25(33)28-17-20-12-14-32(15-13-20)18-21-10-8-19(2)9-11-21/h4,6-11,16,20H,3,5,12-15,17-18H2,1-2H3,(H,28,33)(H,29,34). The average Bonchev–Trinajstić information content (AvgIpc) is 3.34. The van der Waals surface area contributed by atoms with Gasteiger partial charge in [-0.05, 0) is 69.0 Å². The zero-order valence-electron chi connectivity index (χ0n) is 20.4. The van der Waals surface area contributed by atoms with Gasteiger partial charge in [0.1, 0.15) is 5.01 Å². The molecule has 8 heteroatoms. The second kappa shape index (κ2) is 12.0. The summed E-state index contributed by atoms with van der Waals surface area (Å²) in [6, 6.07) is 15.7. The Balaban J connectivity index is 1.23. The lowest BCUT2D eigenvalue weighted by molar-refractivity contribution is 0.0934. The molecule has 35 heavy (non-hydrogen) atoms. The zero-order valence-corrected chi connectivity index (χ0v) is 21.2. The van der Waals surface area contributed by atoms with Crippen molar-refractivity contribution >= 4 is 28.8 Å². The van der Waals surface area contributed by atoms with Crippen LogP contribution in [0.4, 0.5) is 5.69 Å². The normalized spacial score (nSPS) is 14.6. The van der Waals surface area contributed by atoms with Crippen LogP contribution in [0.15, 0.2) is 48.5 Å². The molecule has 1 aromatic heterocycles. The molecule has 184 valence electrons. The van der Waals surface area contributed by atoms with E-state index in [9.17, 15) is 9.59 Å². The van der Waals surface area contributed by atoms with Gasteiger partial charge >= 0.3 is 0 Å². The van der Waals surface area contributed by atoms with Crippen LogP contribution in [-0.4, -0.2) is 46.5 Å². The molecule has 2 N–H and O–H groups in total. The molecular weight excluding hydrogens is 458 g/mol. The number of hydrogen-bond donors (Lipinski definition) is 2. The highest BCUT2D eigenvalue weighted by molar-refractivity contribution is 7.13. The Bertz CT molecular complexity index is 1140. The largest absolute Gasteiger partial charge is 0.352 e. The summed E-state index contributed by atoms with van der Waals surface area (Å²) in [6.07, 6.45) is 3.92.